The lowest BCUT2D eigenvalue weighted by molar-refractivity contribution is 0.601. The molecular weight excluding hydrogens is 338 g/mol. The second-order valence-corrected chi connectivity index (χ2v) is 7.49. The second kappa shape index (κ2) is 5.22. The summed E-state index contributed by atoms with van der Waals surface area (Å²) in [5, 5.41) is 0. The lowest BCUT2D eigenvalue weighted by Crippen LogP contribution is -2.13. The zero-order valence-electron chi connectivity index (χ0n) is 10.8. The molecular formula is C15H14BrNO2S. The Kier molecular flexibility index (Phi) is 3.56. The standard InChI is InChI=1S/C15H14BrNO2S/c16-13-5-8-15(9-6-13)20(18,19)17-14-7-4-11-2-1-3-12(11)10-14/h4-10,17H,1-3H2. The number of aryl methyl sites for hydroxylation is 2. The lowest BCUT2D eigenvalue weighted by Gasteiger charge is -2.09. The van der Waals surface area contributed by atoms with Crippen molar-refractivity contribution in [3.05, 3.63) is 58.1 Å². The monoisotopic (exact) mass is 351 g/mol. The summed E-state index contributed by atoms with van der Waals surface area (Å²) in [5.74, 6) is 0. The SMILES string of the molecule is O=S(=O)(Nc1ccc2c(c1)CCC2)c1ccc(Br)cc1. The fourth-order valence-corrected chi connectivity index (χ4v) is 3.78. The van der Waals surface area contributed by atoms with Crippen molar-refractivity contribution in [1.82, 2.24) is 0 Å². The van der Waals surface area contributed by atoms with Gasteiger partial charge in [-0.3, -0.25) is 4.72 Å². The molecule has 0 aromatic heterocycles. The maximum Gasteiger partial charge on any atom is 0.261 e. The van der Waals surface area contributed by atoms with Gasteiger partial charge in [-0.15, -0.1) is 0 Å². The van der Waals surface area contributed by atoms with Crippen LogP contribution in [0, 0.1) is 0 Å². The molecule has 5 heteroatoms. The highest BCUT2D eigenvalue weighted by atomic mass is 79.9. The number of nitrogens with one attached hydrogen (secondary N) is 1. The predicted octanol–water partition coefficient (Wildman–Crippen LogP) is 3.74. The minimum Gasteiger partial charge on any atom is -0.280 e. The van der Waals surface area contributed by atoms with E-state index in [0.29, 0.717) is 5.69 Å². The van der Waals surface area contributed by atoms with Crippen molar-refractivity contribution >= 4 is 31.6 Å². The Labute approximate surface area is 127 Å². The fraction of sp³-hybridized carbons (Fsp3) is 0.200. The molecule has 2 aromatic rings. The summed E-state index contributed by atoms with van der Waals surface area (Å²) in [6, 6.07) is 12.4. The van der Waals surface area contributed by atoms with E-state index in [1.54, 1.807) is 24.3 Å². The average Bonchev–Trinajstić information content (AvgIpc) is 2.86. The van der Waals surface area contributed by atoms with Gasteiger partial charge in [-0.25, -0.2) is 8.42 Å². The minimum absolute atomic E-state index is 0.265. The van der Waals surface area contributed by atoms with E-state index in [0.717, 1.165) is 23.7 Å². The van der Waals surface area contributed by atoms with Crippen LogP contribution in [0.1, 0.15) is 17.5 Å². The highest BCUT2D eigenvalue weighted by Crippen LogP contribution is 2.26. The van der Waals surface area contributed by atoms with Gasteiger partial charge in [0.05, 0.1) is 4.90 Å². The molecule has 1 N–H and O–H groups in total. The Morgan fingerprint density at radius 2 is 1.65 bits per heavy atom. The van der Waals surface area contributed by atoms with Gasteiger partial charge < -0.3 is 0 Å². The van der Waals surface area contributed by atoms with Gasteiger partial charge in [-0.2, -0.15) is 0 Å². The van der Waals surface area contributed by atoms with Crippen LogP contribution in [-0.2, 0) is 22.9 Å². The van der Waals surface area contributed by atoms with Crippen molar-refractivity contribution in [3.63, 3.8) is 0 Å². The molecule has 1 aliphatic rings. The summed E-state index contributed by atoms with van der Waals surface area (Å²) in [6.07, 6.45) is 3.27. The van der Waals surface area contributed by atoms with Crippen molar-refractivity contribution < 1.29 is 8.42 Å². The van der Waals surface area contributed by atoms with Gasteiger partial charge in [0.15, 0.2) is 0 Å². The van der Waals surface area contributed by atoms with Crippen LogP contribution >= 0.6 is 15.9 Å². The maximum atomic E-state index is 12.3. The molecule has 0 fully saturated rings. The summed E-state index contributed by atoms with van der Waals surface area (Å²) < 4.78 is 28.1. The van der Waals surface area contributed by atoms with Crippen LogP contribution in [-0.4, -0.2) is 8.42 Å². The Morgan fingerprint density at radius 1 is 0.950 bits per heavy atom. The molecule has 0 radical (unpaired) electrons. The predicted molar refractivity (Wildman–Crippen MR) is 83.4 cm³/mol. The van der Waals surface area contributed by atoms with Crippen molar-refractivity contribution in [2.75, 3.05) is 4.72 Å². The van der Waals surface area contributed by atoms with Crippen LogP contribution < -0.4 is 4.72 Å². The molecule has 3 rings (SSSR count). The third-order valence-electron chi connectivity index (χ3n) is 3.47. The number of hydrogen-bond acceptors (Lipinski definition) is 2. The van der Waals surface area contributed by atoms with E-state index in [4.69, 9.17) is 0 Å². The van der Waals surface area contributed by atoms with Crippen LogP contribution in [0.5, 0.6) is 0 Å². The molecule has 104 valence electrons. The van der Waals surface area contributed by atoms with Gasteiger partial charge in [-0.1, -0.05) is 22.0 Å². The molecule has 0 amide bonds. The topological polar surface area (TPSA) is 46.2 Å². The molecule has 3 nitrogen and oxygen atoms in total. The molecule has 0 unspecified atom stereocenters. The van der Waals surface area contributed by atoms with Gasteiger partial charge in [0.2, 0.25) is 0 Å². The first kappa shape index (κ1) is 13.6. The minimum atomic E-state index is -3.52. The summed E-state index contributed by atoms with van der Waals surface area (Å²) in [5.41, 5.74) is 3.21. The summed E-state index contributed by atoms with van der Waals surface area (Å²) in [4.78, 5) is 0.265. The Hall–Kier alpha value is -1.33. The van der Waals surface area contributed by atoms with Gasteiger partial charge in [-0.05, 0) is 66.8 Å². The number of halogens is 1. The largest absolute Gasteiger partial charge is 0.280 e. The first-order chi connectivity index (χ1) is 9.54. The van der Waals surface area contributed by atoms with Crippen molar-refractivity contribution in [1.29, 1.82) is 0 Å². The van der Waals surface area contributed by atoms with E-state index in [9.17, 15) is 8.42 Å². The lowest BCUT2D eigenvalue weighted by atomic mass is 10.1. The number of sulfonamides is 1. The normalized spacial score (nSPS) is 14.1. The van der Waals surface area contributed by atoms with Gasteiger partial charge in [0.25, 0.3) is 10.0 Å². The first-order valence-electron chi connectivity index (χ1n) is 6.45. The molecule has 0 atom stereocenters. The average molecular weight is 352 g/mol. The number of anilines is 1. The molecule has 0 bridgehead atoms. The smallest absolute Gasteiger partial charge is 0.261 e. The van der Waals surface area contributed by atoms with E-state index in [1.165, 1.54) is 11.1 Å². The van der Waals surface area contributed by atoms with Gasteiger partial charge in [0, 0.05) is 10.2 Å². The maximum absolute atomic E-state index is 12.3. The van der Waals surface area contributed by atoms with Crippen molar-refractivity contribution in [3.8, 4) is 0 Å². The third kappa shape index (κ3) is 2.74. The number of rotatable bonds is 3. The molecule has 20 heavy (non-hydrogen) atoms. The van der Waals surface area contributed by atoms with Crippen molar-refractivity contribution in [2.24, 2.45) is 0 Å². The summed E-state index contributed by atoms with van der Waals surface area (Å²) >= 11 is 3.30. The zero-order chi connectivity index (χ0) is 14.2. The Morgan fingerprint density at radius 3 is 2.40 bits per heavy atom. The molecule has 0 saturated heterocycles. The van der Waals surface area contributed by atoms with Crippen molar-refractivity contribution in [2.45, 2.75) is 24.2 Å². The third-order valence-corrected chi connectivity index (χ3v) is 5.40. The van der Waals surface area contributed by atoms with E-state index in [1.807, 2.05) is 18.2 Å². The van der Waals surface area contributed by atoms with Crippen LogP contribution in [0.4, 0.5) is 5.69 Å². The van der Waals surface area contributed by atoms with Gasteiger partial charge >= 0.3 is 0 Å². The van der Waals surface area contributed by atoms with E-state index >= 15 is 0 Å². The fourth-order valence-electron chi connectivity index (χ4n) is 2.46. The second-order valence-electron chi connectivity index (χ2n) is 4.90. The first-order valence-corrected chi connectivity index (χ1v) is 8.72. The Balaban J connectivity index is 1.88. The van der Waals surface area contributed by atoms with E-state index in [-0.39, 0.29) is 4.90 Å². The van der Waals surface area contributed by atoms with Crippen LogP contribution in [0.15, 0.2) is 51.8 Å². The Bertz CT molecular complexity index is 739. The molecule has 0 saturated carbocycles. The number of fused-ring (bicyclic) bond motifs is 1. The molecule has 2 aromatic carbocycles. The number of benzene rings is 2. The molecule has 0 aliphatic heterocycles. The van der Waals surface area contributed by atoms with E-state index in [2.05, 4.69) is 20.7 Å². The van der Waals surface area contributed by atoms with Gasteiger partial charge in [0.1, 0.15) is 0 Å². The van der Waals surface area contributed by atoms with Crippen LogP contribution in [0.25, 0.3) is 0 Å². The summed E-state index contributed by atoms with van der Waals surface area (Å²) in [6.45, 7) is 0. The van der Waals surface area contributed by atoms with Crippen LogP contribution in [0.3, 0.4) is 0 Å². The van der Waals surface area contributed by atoms with E-state index < -0.39 is 10.0 Å². The molecule has 0 spiro atoms. The molecule has 0 heterocycles. The quantitative estimate of drug-likeness (QED) is 0.915. The summed E-state index contributed by atoms with van der Waals surface area (Å²) in [7, 11) is -3.52. The molecule has 1 aliphatic carbocycles. The number of hydrogen-bond donors (Lipinski definition) is 1. The zero-order valence-corrected chi connectivity index (χ0v) is 13.2. The highest BCUT2D eigenvalue weighted by molar-refractivity contribution is 9.10. The van der Waals surface area contributed by atoms with Crippen LogP contribution in [0.2, 0.25) is 0 Å². The highest BCUT2D eigenvalue weighted by Gasteiger charge is 2.16.